The highest BCUT2D eigenvalue weighted by atomic mass is 16.2. The summed E-state index contributed by atoms with van der Waals surface area (Å²) in [5.74, 6) is 0.657. The van der Waals surface area contributed by atoms with Crippen molar-refractivity contribution < 1.29 is 0 Å². The van der Waals surface area contributed by atoms with Crippen molar-refractivity contribution in [1.29, 1.82) is 0 Å². The number of H-pyrrole nitrogens is 1. The van der Waals surface area contributed by atoms with E-state index in [1.807, 2.05) is 6.92 Å². The molecule has 0 fully saturated rings. The molecule has 1 aromatic rings. The topological polar surface area (TPSA) is 92.9 Å². The van der Waals surface area contributed by atoms with Gasteiger partial charge >= 0.3 is 5.69 Å². The Balaban J connectivity index is 3.07. The monoisotopic (exact) mass is 254 g/mol. The first-order valence-electron chi connectivity index (χ1n) is 6.37. The average molecular weight is 254 g/mol. The molecule has 4 N–H and O–H groups in total. The molecule has 1 unspecified atom stereocenters. The van der Waals surface area contributed by atoms with Gasteiger partial charge in [-0.3, -0.25) is 14.3 Å². The fourth-order valence-electron chi connectivity index (χ4n) is 1.62. The quantitative estimate of drug-likeness (QED) is 0.705. The van der Waals surface area contributed by atoms with Gasteiger partial charge in [0.25, 0.3) is 5.56 Å². The second kappa shape index (κ2) is 6.28. The SMILES string of the molecule is CCCn1c(N)c(NCC(C)CC)c(=O)[nH]c1=O. The number of rotatable bonds is 6. The summed E-state index contributed by atoms with van der Waals surface area (Å²) in [5, 5.41) is 3.03. The van der Waals surface area contributed by atoms with Crippen LogP contribution >= 0.6 is 0 Å². The van der Waals surface area contributed by atoms with Gasteiger partial charge in [-0.05, 0) is 12.3 Å². The van der Waals surface area contributed by atoms with E-state index in [-0.39, 0.29) is 5.82 Å². The predicted molar refractivity (Wildman–Crippen MR) is 74.0 cm³/mol. The van der Waals surface area contributed by atoms with Crippen LogP contribution in [0.25, 0.3) is 0 Å². The Bertz CT molecular complexity index is 504. The molecular weight excluding hydrogens is 232 g/mol. The summed E-state index contributed by atoms with van der Waals surface area (Å²) in [4.78, 5) is 25.6. The fourth-order valence-corrected chi connectivity index (χ4v) is 1.62. The molecule has 18 heavy (non-hydrogen) atoms. The van der Waals surface area contributed by atoms with Gasteiger partial charge in [0.05, 0.1) is 0 Å². The lowest BCUT2D eigenvalue weighted by molar-refractivity contribution is 0.591. The normalized spacial score (nSPS) is 12.4. The molecule has 0 radical (unpaired) electrons. The van der Waals surface area contributed by atoms with E-state index in [1.165, 1.54) is 4.57 Å². The van der Waals surface area contributed by atoms with Crippen LogP contribution in [0.2, 0.25) is 0 Å². The lowest BCUT2D eigenvalue weighted by Gasteiger charge is -2.15. The van der Waals surface area contributed by atoms with Gasteiger partial charge in [0, 0.05) is 13.1 Å². The van der Waals surface area contributed by atoms with Gasteiger partial charge in [-0.15, -0.1) is 0 Å². The number of nitrogens with one attached hydrogen (secondary N) is 2. The molecule has 1 atom stereocenters. The minimum absolute atomic E-state index is 0.217. The molecule has 6 heteroatoms. The van der Waals surface area contributed by atoms with E-state index >= 15 is 0 Å². The number of hydrogen-bond acceptors (Lipinski definition) is 4. The van der Waals surface area contributed by atoms with Crippen molar-refractivity contribution in [1.82, 2.24) is 9.55 Å². The molecule has 0 aliphatic carbocycles. The number of nitrogens with zero attached hydrogens (tertiary/aromatic N) is 1. The zero-order valence-corrected chi connectivity index (χ0v) is 11.2. The Labute approximate surface area is 106 Å². The summed E-state index contributed by atoms with van der Waals surface area (Å²) < 4.78 is 1.39. The highest BCUT2D eigenvalue weighted by Gasteiger charge is 2.12. The lowest BCUT2D eigenvalue weighted by atomic mass is 10.1. The highest BCUT2D eigenvalue weighted by molar-refractivity contribution is 5.60. The molecule has 0 spiro atoms. The van der Waals surface area contributed by atoms with Crippen LogP contribution in [0, 0.1) is 5.92 Å². The Morgan fingerprint density at radius 3 is 2.61 bits per heavy atom. The largest absolute Gasteiger partial charge is 0.383 e. The standard InChI is InChI=1S/C12H22N4O2/c1-4-6-16-10(13)9(11(17)15-12(16)18)14-7-8(3)5-2/h8,14H,4-7,13H2,1-3H3,(H,15,17,18). The fraction of sp³-hybridized carbons (Fsp3) is 0.667. The summed E-state index contributed by atoms with van der Waals surface area (Å²) in [6.07, 6.45) is 1.79. The van der Waals surface area contributed by atoms with Crippen LogP contribution in [0.3, 0.4) is 0 Å². The Morgan fingerprint density at radius 1 is 1.39 bits per heavy atom. The minimum atomic E-state index is -0.451. The summed E-state index contributed by atoms with van der Waals surface area (Å²) in [6, 6.07) is 0. The number of nitrogen functional groups attached to an aromatic ring is 1. The summed E-state index contributed by atoms with van der Waals surface area (Å²) in [5.41, 5.74) is 5.27. The number of aromatic nitrogens is 2. The maximum Gasteiger partial charge on any atom is 0.330 e. The van der Waals surface area contributed by atoms with Gasteiger partial charge in [-0.2, -0.15) is 0 Å². The van der Waals surface area contributed by atoms with Crippen molar-refractivity contribution in [3.63, 3.8) is 0 Å². The van der Waals surface area contributed by atoms with E-state index < -0.39 is 11.2 Å². The van der Waals surface area contributed by atoms with Crippen molar-refractivity contribution in [2.45, 2.75) is 40.2 Å². The van der Waals surface area contributed by atoms with Gasteiger partial charge < -0.3 is 11.1 Å². The molecule has 0 saturated heterocycles. The molecule has 6 nitrogen and oxygen atoms in total. The maximum atomic E-state index is 11.7. The van der Waals surface area contributed by atoms with Crippen molar-refractivity contribution in [2.75, 3.05) is 17.6 Å². The van der Waals surface area contributed by atoms with Crippen molar-refractivity contribution in [2.24, 2.45) is 5.92 Å². The molecule has 0 amide bonds. The predicted octanol–water partition coefficient (Wildman–Crippen LogP) is 0.987. The Morgan fingerprint density at radius 2 is 2.06 bits per heavy atom. The number of nitrogens with two attached hydrogens (primary N) is 1. The highest BCUT2D eigenvalue weighted by Crippen LogP contribution is 2.11. The number of anilines is 2. The van der Waals surface area contributed by atoms with E-state index in [2.05, 4.69) is 24.1 Å². The second-order valence-corrected chi connectivity index (χ2v) is 4.57. The van der Waals surface area contributed by atoms with Gasteiger partial charge in [-0.1, -0.05) is 27.2 Å². The van der Waals surface area contributed by atoms with Gasteiger partial charge in [-0.25, -0.2) is 4.79 Å². The van der Waals surface area contributed by atoms with Crippen molar-refractivity contribution >= 4 is 11.5 Å². The molecule has 1 rings (SSSR count). The van der Waals surface area contributed by atoms with Crippen LogP contribution in [0.5, 0.6) is 0 Å². The zero-order chi connectivity index (χ0) is 13.7. The maximum absolute atomic E-state index is 11.7. The molecular formula is C12H22N4O2. The van der Waals surface area contributed by atoms with Crippen LogP contribution in [0.15, 0.2) is 9.59 Å². The smallest absolute Gasteiger partial charge is 0.330 e. The third-order valence-electron chi connectivity index (χ3n) is 3.01. The van der Waals surface area contributed by atoms with Crippen LogP contribution in [-0.4, -0.2) is 16.1 Å². The van der Waals surface area contributed by atoms with E-state index in [4.69, 9.17) is 5.73 Å². The van der Waals surface area contributed by atoms with E-state index in [0.717, 1.165) is 12.8 Å². The first-order chi connectivity index (χ1) is 8.51. The summed E-state index contributed by atoms with van der Waals surface area (Å²) in [7, 11) is 0. The molecule has 0 aromatic carbocycles. The van der Waals surface area contributed by atoms with E-state index in [1.54, 1.807) is 0 Å². The average Bonchev–Trinajstić information content (AvgIpc) is 2.33. The molecule has 102 valence electrons. The Kier molecular flexibility index (Phi) is 5.00. The van der Waals surface area contributed by atoms with Gasteiger partial charge in [0.1, 0.15) is 11.5 Å². The van der Waals surface area contributed by atoms with Crippen LogP contribution in [0.4, 0.5) is 11.5 Å². The van der Waals surface area contributed by atoms with Crippen LogP contribution < -0.4 is 22.3 Å². The molecule has 0 bridgehead atoms. The third-order valence-corrected chi connectivity index (χ3v) is 3.01. The zero-order valence-electron chi connectivity index (χ0n) is 11.2. The van der Waals surface area contributed by atoms with Crippen LogP contribution in [0.1, 0.15) is 33.6 Å². The number of hydrogen-bond donors (Lipinski definition) is 3. The first-order valence-corrected chi connectivity index (χ1v) is 6.37. The van der Waals surface area contributed by atoms with Gasteiger partial charge in [0.15, 0.2) is 0 Å². The lowest BCUT2D eigenvalue weighted by Crippen LogP contribution is -2.34. The first kappa shape index (κ1) is 14.3. The van der Waals surface area contributed by atoms with Crippen molar-refractivity contribution in [3.8, 4) is 0 Å². The number of aromatic amines is 1. The minimum Gasteiger partial charge on any atom is -0.383 e. The van der Waals surface area contributed by atoms with Crippen LogP contribution in [-0.2, 0) is 6.54 Å². The van der Waals surface area contributed by atoms with Crippen molar-refractivity contribution in [3.05, 3.63) is 20.8 Å². The van der Waals surface area contributed by atoms with Gasteiger partial charge in [0.2, 0.25) is 0 Å². The molecule has 0 aliphatic heterocycles. The molecule has 1 heterocycles. The Hall–Kier alpha value is -1.72. The molecule has 0 aliphatic rings. The molecule has 1 aromatic heterocycles. The molecule has 0 saturated carbocycles. The van der Waals surface area contributed by atoms with E-state index in [9.17, 15) is 9.59 Å². The van der Waals surface area contributed by atoms with E-state index in [0.29, 0.717) is 24.7 Å². The second-order valence-electron chi connectivity index (χ2n) is 4.57. The summed E-state index contributed by atoms with van der Waals surface area (Å²) in [6.45, 7) is 7.27. The third kappa shape index (κ3) is 3.15. The summed E-state index contributed by atoms with van der Waals surface area (Å²) >= 11 is 0.